The number of hydrogen-bond donors (Lipinski definition) is 4. The maximum Gasteiger partial charge on any atom is 0.251 e. The Morgan fingerprint density at radius 3 is 2.55 bits per heavy atom. The Bertz CT molecular complexity index is 1490. The number of rotatable bonds is 3. The minimum absolute atomic E-state index is 0.125. The van der Waals surface area contributed by atoms with Crippen molar-refractivity contribution in [3.05, 3.63) is 71.0 Å². The number of amides is 4. The van der Waals surface area contributed by atoms with Gasteiger partial charge in [0.25, 0.3) is 11.8 Å². The molecule has 0 saturated heterocycles. The first-order valence-electron chi connectivity index (χ1n) is 14.6. The molecule has 44 heavy (non-hydrogen) atoms. The summed E-state index contributed by atoms with van der Waals surface area (Å²) < 4.78 is 13.0. The third-order valence-corrected chi connectivity index (χ3v) is 6.97. The molecule has 1 aromatic heterocycles. The Hall–Kier alpha value is -4.94. The lowest BCUT2D eigenvalue weighted by molar-refractivity contribution is -0.130. The molecule has 0 fully saturated rings. The maximum atomic E-state index is 13.1. The third-order valence-electron chi connectivity index (χ3n) is 6.97. The van der Waals surface area contributed by atoms with Crippen LogP contribution in [0.15, 0.2) is 48.7 Å². The summed E-state index contributed by atoms with van der Waals surface area (Å²) in [6, 6.07) is 9.98. The summed E-state index contributed by atoms with van der Waals surface area (Å²) in [6.45, 7) is 6.61. The van der Waals surface area contributed by atoms with Gasteiger partial charge >= 0.3 is 0 Å². The van der Waals surface area contributed by atoms with Crippen molar-refractivity contribution in [2.45, 2.75) is 65.3 Å². The molecule has 3 aromatic rings. The molecule has 0 unspecified atom stereocenters. The van der Waals surface area contributed by atoms with E-state index < -0.39 is 23.9 Å². The molecule has 0 saturated carbocycles. The highest BCUT2D eigenvalue weighted by atomic mass is 16.5. The van der Waals surface area contributed by atoms with Crippen molar-refractivity contribution >= 4 is 23.6 Å². The van der Waals surface area contributed by atoms with E-state index in [0.717, 1.165) is 0 Å². The molecule has 4 N–H and O–H groups in total. The van der Waals surface area contributed by atoms with Crippen LogP contribution < -0.4 is 30.7 Å². The highest BCUT2D eigenvalue weighted by Crippen LogP contribution is 2.28. The number of nitrogens with one attached hydrogen (secondary N) is 4. The van der Waals surface area contributed by atoms with Crippen LogP contribution in [-0.4, -0.2) is 64.4 Å². The number of carbonyl (C=O) groups excluding carboxylic acids is 4. The van der Waals surface area contributed by atoms with Crippen LogP contribution in [0.25, 0.3) is 0 Å². The van der Waals surface area contributed by atoms with Gasteiger partial charge in [-0.1, -0.05) is 31.2 Å². The molecule has 1 aliphatic heterocycles. The molecule has 4 rings (SSSR count). The summed E-state index contributed by atoms with van der Waals surface area (Å²) in [5, 5.41) is 19.4. The number of benzene rings is 2. The van der Waals surface area contributed by atoms with Gasteiger partial charge < -0.3 is 30.7 Å². The zero-order chi connectivity index (χ0) is 31.6. The van der Waals surface area contributed by atoms with Crippen molar-refractivity contribution in [2.24, 2.45) is 5.92 Å². The van der Waals surface area contributed by atoms with Crippen LogP contribution in [0.3, 0.4) is 0 Å². The molecule has 2 aromatic carbocycles. The highest BCUT2D eigenvalue weighted by Gasteiger charge is 2.25. The van der Waals surface area contributed by atoms with Gasteiger partial charge in [0.1, 0.15) is 17.8 Å². The normalized spacial score (nSPS) is 18.9. The summed E-state index contributed by atoms with van der Waals surface area (Å²) >= 11 is 0. The number of fused-ring (bicyclic) bond motifs is 6. The predicted molar refractivity (Wildman–Crippen MR) is 161 cm³/mol. The Morgan fingerprint density at radius 2 is 1.77 bits per heavy atom. The molecule has 0 radical (unpaired) electrons. The molecule has 2 heterocycles. The smallest absolute Gasteiger partial charge is 0.251 e. The second kappa shape index (κ2) is 15.0. The van der Waals surface area contributed by atoms with Crippen LogP contribution >= 0.6 is 0 Å². The Kier molecular flexibility index (Phi) is 10.9. The van der Waals surface area contributed by atoms with E-state index >= 15 is 0 Å². The molecule has 13 heteroatoms. The van der Waals surface area contributed by atoms with Crippen molar-refractivity contribution in [1.29, 1.82) is 0 Å². The van der Waals surface area contributed by atoms with Crippen LogP contribution in [0.1, 0.15) is 65.6 Å². The first-order chi connectivity index (χ1) is 21.1. The van der Waals surface area contributed by atoms with E-state index in [4.69, 9.17) is 9.47 Å². The first kappa shape index (κ1) is 32.0. The minimum atomic E-state index is -0.908. The number of methoxy groups -OCH3 is 1. The molecule has 1 aliphatic rings. The number of nitrogens with zero attached hydrogens (tertiary/aromatic N) is 3. The van der Waals surface area contributed by atoms with Crippen LogP contribution in [0.2, 0.25) is 0 Å². The summed E-state index contributed by atoms with van der Waals surface area (Å²) in [7, 11) is 1.53. The van der Waals surface area contributed by atoms with Gasteiger partial charge in [-0.05, 0) is 55.2 Å². The number of carbonyl (C=O) groups is 4. The van der Waals surface area contributed by atoms with Crippen LogP contribution in [0, 0.1) is 5.92 Å². The Morgan fingerprint density at radius 1 is 0.977 bits per heavy atom. The topological polar surface area (TPSA) is 166 Å². The minimum Gasteiger partial charge on any atom is -0.493 e. The first-order valence-corrected chi connectivity index (χ1v) is 14.6. The number of aryl methyl sites for hydroxylation is 1. The van der Waals surface area contributed by atoms with E-state index in [1.807, 2.05) is 13.8 Å². The van der Waals surface area contributed by atoms with Gasteiger partial charge in [-0.2, -0.15) is 0 Å². The molecule has 0 spiro atoms. The van der Waals surface area contributed by atoms with Gasteiger partial charge in [0.15, 0.2) is 11.5 Å². The standard InChI is InChI=1S/C31H39N7O6/c1-19(2)13-25-31(42)33-17-24-18-38(37-36-24)11-6-12-44-27-15-23(9-10-26(27)43-4)29(40)32-16-21-7-5-8-22(14-21)30(41)34-20(3)28(39)35-25/h5,7-10,14-15,18-20,25H,6,11-13,16-17H2,1-4H3,(H,32,40)(H,33,42)(H,34,41)(H,35,39)/t20-,25-/m1/s1. The molecule has 13 nitrogen and oxygen atoms in total. The van der Waals surface area contributed by atoms with Gasteiger partial charge in [-0.25, -0.2) is 0 Å². The fourth-order valence-corrected chi connectivity index (χ4v) is 4.62. The van der Waals surface area contributed by atoms with Gasteiger partial charge in [0.2, 0.25) is 11.8 Å². The zero-order valence-electron chi connectivity index (χ0n) is 25.4. The van der Waals surface area contributed by atoms with Gasteiger partial charge in [-0.15, -0.1) is 5.10 Å². The molecule has 234 valence electrons. The fourth-order valence-electron chi connectivity index (χ4n) is 4.62. The van der Waals surface area contributed by atoms with Crippen molar-refractivity contribution in [3.8, 4) is 11.5 Å². The number of ether oxygens (including phenoxy) is 2. The molecule has 6 bridgehead atoms. The van der Waals surface area contributed by atoms with Gasteiger partial charge in [-0.3, -0.25) is 23.9 Å². The monoisotopic (exact) mass is 605 g/mol. The third kappa shape index (κ3) is 8.79. The van der Waals surface area contributed by atoms with Crippen molar-refractivity contribution in [2.75, 3.05) is 13.7 Å². The lowest BCUT2D eigenvalue weighted by atomic mass is 10.0. The summed E-state index contributed by atoms with van der Waals surface area (Å²) in [4.78, 5) is 52.0. The fraction of sp³-hybridized carbons (Fsp3) is 0.419. The van der Waals surface area contributed by atoms with E-state index in [0.29, 0.717) is 59.9 Å². The second-order valence-electron chi connectivity index (χ2n) is 11.0. The van der Waals surface area contributed by atoms with E-state index in [1.165, 1.54) is 7.11 Å². The van der Waals surface area contributed by atoms with E-state index in [1.54, 1.807) is 60.3 Å². The molecule has 2 atom stereocenters. The van der Waals surface area contributed by atoms with E-state index in [2.05, 4.69) is 31.6 Å². The SMILES string of the molecule is COc1ccc2cc1OCCCn1cc(nn1)CNC(=O)[C@@H](CC(C)C)NC(=O)[C@@H](C)NC(=O)c1cccc(c1)CNC2=O. The summed E-state index contributed by atoms with van der Waals surface area (Å²) in [6.07, 6.45) is 2.74. The lowest BCUT2D eigenvalue weighted by Crippen LogP contribution is -2.53. The van der Waals surface area contributed by atoms with E-state index in [9.17, 15) is 19.2 Å². The van der Waals surface area contributed by atoms with Crippen molar-refractivity contribution < 1.29 is 28.7 Å². The highest BCUT2D eigenvalue weighted by molar-refractivity contribution is 5.98. The number of aromatic nitrogens is 3. The molecule has 0 aliphatic carbocycles. The van der Waals surface area contributed by atoms with Crippen LogP contribution in [0.4, 0.5) is 0 Å². The Labute approximate surface area is 256 Å². The van der Waals surface area contributed by atoms with Crippen LogP contribution in [-0.2, 0) is 29.2 Å². The average molecular weight is 606 g/mol. The molecular formula is C31H39N7O6. The number of hydrogen-bond acceptors (Lipinski definition) is 8. The van der Waals surface area contributed by atoms with Crippen molar-refractivity contribution in [3.63, 3.8) is 0 Å². The average Bonchev–Trinajstić information content (AvgIpc) is 3.47. The van der Waals surface area contributed by atoms with Gasteiger partial charge in [0.05, 0.1) is 26.5 Å². The maximum absolute atomic E-state index is 13.1. The second-order valence-corrected chi connectivity index (χ2v) is 11.0. The molecular weight excluding hydrogens is 566 g/mol. The van der Waals surface area contributed by atoms with E-state index in [-0.39, 0.29) is 30.8 Å². The predicted octanol–water partition coefficient (Wildman–Crippen LogP) is 1.96. The summed E-state index contributed by atoms with van der Waals surface area (Å²) in [5.74, 6) is -0.576. The zero-order valence-corrected chi connectivity index (χ0v) is 25.4. The summed E-state index contributed by atoms with van der Waals surface area (Å²) in [5.41, 5.74) is 1.97. The van der Waals surface area contributed by atoms with Crippen molar-refractivity contribution in [1.82, 2.24) is 36.3 Å². The van der Waals surface area contributed by atoms with Gasteiger partial charge in [0, 0.05) is 30.6 Å². The molecule has 4 amide bonds. The lowest BCUT2D eigenvalue weighted by Gasteiger charge is -2.22. The largest absolute Gasteiger partial charge is 0.493 e. The van der Waals surface area contributed by atoms with Crippen LogP contribution in [0.5, 0.6) is 11.5 Å². The quantitative estimate of drug-likeness (QED) is 0.352. The Balaban J connectivity index is 1.55.